The minimum atomic E-state index is -3.43. The zero-order chi connectivity index (χ0) is 16.9. The van der Waals surface area contributed by atoms with Gasteiger partial charge in [-0.1, -0.05) is 0 Å². The van der Waals surface area contributed by atoms with Gasteiger partial charge in [0.1, 0.15) is 18.2 Å². The maximum absolute atomic E-state index is 12.7. The van der Waals surface area contributed by atoms with Crippen LogP contribution >= 0.6 is 0 Å². The van der Waals surface area contributed by atoms with Gasteiger partial charge in [-0.2, -0.15) is 5.10 Å². The molecule has 1 aromatic carbocycles. The first kappa shape index (κ1) is 17.4. The Labute approximate surface area is 135 Å². The molecule has 0 bridgehead atoms. The Kier molecular flexibility index (Phi) is 5.73. The highest BCUT2D eigenvalue weighted by Crippen LogP contribution is 2.10. The smallest absolute Gasteiger partial charge is 0.215 e. The lowest BCUT2D eigenvalue weighted by Crippen LogP contribution is -2.32. The van der Waals surface area contributed by atoms with E-state index in [1.165, 1.54) is 24.3 Å². The molecule has 0 amide bonds. The Morgan fingerprint density at radius 1 is 1.26 bits per heavy atom. The SMILES string of the molecule is Cc1cc(C)n(CCNS(=O)(=O)CCOc2ccc(F)cc2)n1. The summed E-state index contributed by atoms with van der Waals surface area (Å²) in [6.07, 6.45) is 0. The van der Waals surface area contributed by atoms with Crippen molar-refractivity contribution in [3.05, 3.63) is 47.5 Å². The van der Waals surface area contributed by atoms with Crippen LogP contribution in [-0.2, 0) is 16.6 Å². The van der Waals surface area contributed by atoms with E-state index in [2.05, 4.69) is 9.82 Å². The largest absolute Gasteiger partial charge is 0.492 e. The molecule has 0 aliphatic heterocycles. The third kappa shape index (κ3) is 5.65. The lowest BCUT2D eigenvalue weighted by atomic mass is 10.3. The zero-order valence-corrected chi connectivity index (χ0v) is 13.9. The Hall–Kier alpha value is -1.93. The number of aryl methyl sites for hydroxylation is 2. The van der Waals surface area contributed by atoms with Crippen LogP contribution in [0.5, 0.6) is 5.75 Å². The van der Waals surface area contributed by atoms with Crippen LogP contribution in [0.25, 0.3) is 0 Å². The number of nitrogens with one attached hydrogen (secondary N) is 1. The average molecular weight is 341 g/mol. The van der Waals surface area contributed by atoms with Gasteiger partial charge in [-0.3, -0.25) is 4.68 Å². The second-order valence-corrected chi connectivity index (χ2v) is 7.09. The van der Waals surface area contributed by atoms with Crippen molar-refractivity contribution in [3.8, 4) is 5.75 Å². The summed E-state index contributed by atoms with van der Waals surface area (Å²) >= 11 is 0. The van der Waals surface area contributed by atoms with Crippen molar-refractivity contribution in [2.45, 2.75) is 20.4 Å². The van der Waals surface area contributed by atoms with Crippen molar-refractivity contribution < 1.29 is 17.5 Å². The molecule has 0 saturated carbocycles. The minimum absolute atomic E-state index is 0.000865. The second-order valence-electron chi connectivity index (χ2n) is 5.17. The molecule has 0 unspecified atom stereocenters. The molecule has 126 valence electrons. The Balaban J connectivity index is 1.73. The van der Waals surface area contributed by atoms with Crippen LogP contribution in [0, 0.1) is 19.7 Å². The normalized spacial score (nSPS) is 11.6. The van der Waals surface area contributed by atoms with E-state index in [4.69, 9.17) is 4.74 Å². The standard InChI is InChI=1S/C15H20FN3O3S/c1-12-11-13(2)19(18-12)8-7-17-23(20,21)10-9-22-15-5-3-14(16)4-6-15/h3-6,11,17H,7-10H2,1-2H3. The molecule has 1 N–H and O–H groups in total. The van der Waals surface area contributed by atoms with Crippen molar-refractivity contribution in [2.24, 2.45) is 0 Å². The molecule has 0 aliphatic rings. The second kappa shape index (κ2) is 7.56. The van der Waals surface area contributed by atoms with E-state index in [1.807, 2.05) is 19.9 Å². The predicted octanol–water partition coefficient (Wildman–Crippen LogP) is 1.64. The van der Waals surface area contributed by atoms with Crippen molar-refractivity contribution in [1.82, 2.24) is 14.5 Å². The molecule has 0 saturated heterocycles. The first-order valence-corrected chi connectivity index (χ1v) is 8.88. The van der Waals surface area contributed by atoms with Crippen LogP contribution in [-0.4, -0.2) is 37.1 Å². The molecule has 0 fully saturated rings. The number of benzene rings is 1. The van der Waals surface area contributed by atoms with Gasteiger partial charge in [0.2, 0.25) is 10.0 Å². The maximum atomic E-state index is 12.7. The molecule has 6 nitrogen and oxygen atoms in total. The lowest BCUT2D eigenvalue weighted by Gasteiger charge is -2.09. The molecule has 23 heavy (non-hydrogen) atoms. The highest BCUT2D eigenvalue weighted by atomic mass is 32.2. The van der Waals surface area contributed by atoms with Gasteiger partial charge in [0.25, 0.3) is 0 Å². The first-order valence-electron chi connectivity index (χ1n) is 7.22. The number of ether oxygens (including phenoxy) is 1. The summed E-state index contributed by atoms with van der Waals surface area (Å²) < 4.78 is 46.0. The highest BCUT2D eigenvalue weighted by molar-refractivity contribution is 7.89. The van der Waals surface area contributed by atoms with E-state index < -0.39 is 10.0 Å². The number of halogens is 1. The van der Waals surface area contributed by atoms with Gasteiger partial charge < -0.3 is 4.74 Å². The summed E-state index contributed by atoms with van der Waals surface area (Å²) in [6, 6.07) is 7.37. The van der Waals surface area contributed by atoms with Crippen LogP contribution in [0.2, 0.25) is 0 Å². The summed E-state index contributed by atoms with van der Waals surface area (Å²) in [5, 5.41) is 4.27. The predicted molar refractivity (Wildman–Crippen MR) is 85.4 cm³/mol. The fraction of sp³-hybridized carbons (Fsp3) is 0.400. The summed E-state index contributed by atoms with van der Waals surface area (Å²) in [6.45, 7) is 4.55. The molecule has 0 radical (unpaired) electrons. The third-order valence-electron chi connectivity index (χ3n) is 3.18. The minimum Gasteiger partial charge on any atom is -0.492 e. The van der Waals surface area contributed by atoms with Crippen molar-refractivity contribution in [2.75, 3.05) is 18.9 Å². The molecule has 0 aliphatic carbocycles. The molecular weight excluding hydrogens is 321 g/mol. The van der Waals surface area contributed by atoms with E-state index in [1.54, 1.807) is 4.68 Å². The first-order chi connectivity index (χ1) is 10.9. The van der Waals surface area contributed by atoms with Crippen LogP contribution in [0.3, 0.4) is 0 Å². The van der Waals surface area contributed by atoms with Gasteiger partial charge in [0.05, 0.1) is 18.0 Å². The van der Waals surface area contributed by atoms with Gasteiger partial charge in [-0.15, -0.1) is 0 Å². The van der Waals surface area contributed by atoms with Gasteiger partial charge in [0.15, 0.2) is 0 Å². The molecule has 8 heteroatoms. The number of aromatic nitrogens is 2. The average Bonchev–Trinajstić information content (AvgIpc) is 2.79. The molecule has 1 aromatic heterocycles. The van der Waals surface area contributed by atoms with E-state index >= 15 is 0 Å². The van der Waals surface area contributed by atoms with Gasteiger partial charge in [-0.05, 0) is 44.2 Å². The maximum Gasteiger partial charge on any atom is 0.215 e. The number of hydrogen-bond donors (Lipinski definition) is 1. The van der Waals surface area contributed by atoms with Gasteiger partial charge in [0, 0.05) is 12.2 Å². The van der Waals surface area contributed by atoms with E-state index in [0.717, 1.165) is 11.4 Å². The summed E-state index contributed by atoms with van der Waals surface area (Å²) in [7, 11) is -3.43. The Morgan fingerprint density at radius 2 is 1.96 bits per heavy atom. The number of rotatable bonds is 8. The van der Waals surface area contributed by atoms with Gasteiger partial charge >= 0.3 is 0 Å². The summed E-state index contributed by atoms with van der Waals surface area (Å²) in [4.78, 5) is 0. The molecular formula is C15H20FN3O3S. The molecule has 2 rings (SSSR count). The number of nitrogens with zero attached hydrogens (tertiary/aromatic N) is 2. The summed E-state index contributed by atoms with van der Waals surface area (Å²) in [5.74, 6) is -0.0957. The molecule has 2 aromatic rings. The fourth-order valence-corrected chi connectivity index (χ4v) is 2.93. The van der Waals surface area contributed by atoms with Crippen LogP contribution in [0.4, 0.5) is 4.39 Å². The van der Waals surface area contributed by atoms with Crippen LogP contribution in [0.1, 0.15) is 11.4 Å². The topological polar surface area (TPSA) is 73.2 Å². The zero-order valence-electron chi connectivity index (χ0n) is 13.1. The van der Waals surface area contributed by atoms with Crippen molar-refractivity contribution in [3.63, 3.8) is 0 Å². The van der Waals surface area contributed by atoms with Crippen molar-refractivity contribution >= 4 is 10.0 Å². The number of hydrogen-bond acceptors (Lipinski definition) is 4. The highest BCUT2D eigenvalue weighted by Gasteiger charge is 2.10. The number of sulfonamides is 1. The van der Waals surface area contributed by atoms with Crippen molar-refractivity contribution in [1.29, 1.82) is 0 Å². The van der Waals surface area contributed by atoms with E-state index in [9.17, 15) is 12.8 Å². The summed E-state index contributed by atoms with van der Waals surface area (Å²) in [5.41, 5.74) is 1.89. The molecule has 0 atom stereocenters. The van der Waals surface area contributed by atoms with Crippen LogP contribution < -0.4 is 9.46 Å². The molecule has 0 spiro atoms. The monoisotopic (exact) mass is 341 g/mol. The van der Waals surface area contributed by atoms with E-state index in [-0.39, 0.29) is 24.7 Å². The van der Waals surface area contributed by atoms with Crippen LogP contribution in [0.15, 0.2) is 30.3 Å². The lowest BCUT2D eigenvalue weighted by molar-refractivity contribution is 0.339. The molecule has 1 heterocycles. The quantitative estimate of drug-likeness (QED) is 0.792. The van der Waals surface area contributed by atoms with Gasteiger partial charge in [-0.25, -0.2) is 17.5 Å². The van der Waals surface area contributed by atoms with E-state index in [0.29, 0.717) is 12.3 Å². The fourth-order valence-electron chi connectivity index (χ4n) is 2.08. The Morgan fingerprint density at radius 3 is 2.57 bits per heavy atom. The Bertz CT molecular complexity index is 742. The third-order valence-corrected chi connectivity index (χ3v) is 4.53.